The van der Waals surface area contributed by atoms with Gasteiger partial charge in [0.05, 0.1) is 24.5 Å². The van der Waals surface area contributed by atoms with Gasteiger partial charge in [-0.05, 0) is 18.2 Å². The number of benzene rings is 2. The van der Waals surface area contributed by atoms with Crippen LogP contribution in [-0.2, 0) is 4.79 Å². The molecule has 166 valence electrons. The molecule has 0 spiro atoms. The fraction of sp³-hybridized carbons (Fsp3) is 0.130. The zero-order chi connectivity index (χ0) is 22.8. The molecule has 33 heavy (non-hydrogen) atoms. The first kappa shape index (κ1) is 20.3. The van der Waals surface area contributed by atoms with Crippen molar-refractivity contribution in [1.29, 1.82) is 0 Å². The zero-order valence-electron chi connectivity index (χ0n) is 18.0. The SMILES string of the molecule is CNC(=O)COc1ccc(Nc2nc(-c3ccc4cn[nH]c4c3)cn3ccnc23)cc1OC. The Hall–Kier alpha value is -4.60. The molecule has 0 saturated carbocycles. The number of carbonyl (C=O) groups is 1. The van der Waals surface area contributed by atoms with E-state index >= 15 is 0 Å². The number of nitrogens with zero attached hydrogens (tertiary/aromatic N) is 4. The second-order valence-corrected chi connectivity index (χ2v) is 7.26. The molecule has 0 unspecified atom stereocenters. The molecule has 5 aromatic rings. The lowest BCUT2D eigenvalue weighted by Gasteiger charge is -2.14. The van der Waals surface area contributed by atoms with Crippen molar-refractivity contribution in [3.63, 3.8) is 0 Å². The number of ether oxygens (including phenoxy) is 2. The van der Waals surface area contributed by atoms with Crippen LogP contribution in [0.5, 0.6) is 11.5 Å². The van der Waals surface area contributed by atoms with Crippen molar-refractivity contribution in [2.24, 2.45) is 0 Å². The number of aromatic nitrogens is 5. The molecule has 0 bridgehead atoms. The second kappa shape index (κ2) is 8.50. The van der Waals surface area contributed by atoms with Gasteiger partial charge in [-0.25, -0.2) is 9.97 Å². The van der Waals surface area contributed by atoms with Gasteiger partial charge in [-0.1, -0.05) is 12.1 Å². The normalized spacial score (nSPS) is 11.0. The average molecular weight is 443 g/mol. The Bertz CT molecular complexity index is 1460. The molecular weight excluding hydrogens is 422 g/mol. The van der Waals surface area contributed by atoms with Crippen LogP contribution in [0.1, 0.15) is 0 Å². The summed E-state index contributed by atoms with van der Waals surface area (Å²) in [5, 5.41) is 14.0. The Balaban J connectivity index is 1.48. The summed E-state index contributed by atoms with van der Waals surface area (Å²) in [6, 6.07) is 11.4. The van der Waals surface area contributed by atoms with E-state index in [-0.39, 0.29) is 12.5 Å². The van der Waals surface area contributed by atoms with Gasteiger partial charge in [-0.3, -0.25) is 9.89 Å². The minimum Gasteiger partial charge on any atom is -0.493 e. The summed E-state index contributed by atoms with van der Waals surface area (Å²) < 4.78 is 12.9. The molecule has 10 nitrogen and oxygen atoms in total. The topological polar surface area (TPSA) is 118 Å². The van der Waals surface area contributed by atoms with Gasteiger partial charge in [0.15, 0.2) is 29.6 Å². The number of nitrogens with one attached hydrogen (secondary N) is 3. The second-order valence-electron chi connectivity index (χ2n) is 7.26. The summed E-state index contributed by atoms with van der Waals surface area (Å²) in [7, 11) is 3.10. The molecule has 10 heteroatoms. The number of methoxy groups -OCH3 is 1. The lowest BCUT2D eigenvalue weighted by Crippen LogP contribution is -2.24. The van der Waals surface area contributed by atoms with Gasteiger partial charge in [0.25, 0.3) is 5.91 Å². The van der Waals surface area contributed by atoms with E-state index in [2.05, 4.69) is 25.8 Å². The molecule has 3 heterocycles. The van der Waals surface area contributed by atoms with Gasteiger partial charge in [0, 0.05) is 48.3 Å². The minimum absolute atomic E-state index is 0.0986. The first-order chi connectivity index (χ1) is 16.1. The van der Waals surface area contributed by atoms with Crippen molar-refractivity contribution in [2.45, 2.75) is 0 Å². The average Bonchev–Trinajstić information content (AvgIpc) is 3.51. The van der Waals surface area contributed by atoms with Crippen LogP contribution in [0.25, 0.3) is 27.8 Å². The number of hydrogen-bond donors (Lipinski definition) is 3. The molecule has 0 fully saturated rings. The molecule has 1 amide bonds. The Morgan fingerprint density at radius 1 is 1.18 bits per heavy atom. The summed E-state index contributed by atoms with van der Waals surface area (Å²) in [5.41, 5.74) is 4.07. The van der Waals surface area contributed by atoms with Crippen molar-refractivity contribution in [3.8, 4) is 22.8 Å². The largest absolute Gasteiger partial charge is 0.493 e. The van der Waals surface area contributed by atoms with E-state index < -0.39 is 0 Å². The van der Waals surface area contributed by atoms with Crippen LogP contribution in [0.15, 0.2) is 61.2 Å². The lowest BCUT2D eigenvalue weighted by molar-refractivity contribution is -0.122. The minimum atomic E-state index is -0.227. The highest BCUT2D eigenvalue weighted by atomic mass is 16.5. The van der Waals surface area contributed by atoms with E-state index in [1.165, 1.54) is 0 Å². The van der Waals surface area contributed by atoms with E-state index in [1.54, 1.807) is 38.7 Å². The highest BCUT2D eigenvalue weighted by Crippen LogP contribution is 2.32. The third-order valence-corrected chi connectivity index (χ3v) is 5.18. The fourth-order valence-corrected chi connectivity index (χ4v) is 3.47. The summed E-state index contributed by atoms with van der Waals surface area (Å²) in [5.74, 6) is 1.31. The highest BCUT2D eigenvalue weighted by Gasteiger charge is 2.13. The number of anilines is 2. The van der Waals surface area contributed by atoms with Crippen molar-refractivity contribution in [3.05, 3.63) is 61.2 Å². The number of H-pyrrole nitrogens is 1. The van der Waals surface area contributed by atoms with Crippen LogP contribution in [0, 0.1) is 0 Å². The Morgan fingerprint density at radius 3 is 2.94 bits per heavy atom. The van der Waals surface area contributed by atoms with E-state index in [0.29, 0.717) is 23.0 Å². The van der Waals surface area contributed by atoms with Crippen LogP contribution in [0.4, 0.5) is 11.5 Å². The first-order valence-electron chi connectivity index (χ1n) is 10.2. The Morgan fingerprint density at radius 2 is 2.09 bits per heavy atom. The monoisotopic (exact) mass is 443 g/mol. The molecular formula is C23H21N7O3. The van der Waals surface area contributed by atoms with Crippen molar-refractivity contribution >= 4 is 34.0 Å². The smallest absolute Gasteiger partial charge is 0.257 e. The maximum atomic E-state index is 11.5. The number of carbonyl (C=O) groups excluding carboxylic acids is 1. The van der Waals surface area contributed by atoms with E-state index in [0.717, 1.165) is 27.8 Å². The number of aromatic amines is 1. The maximum absolute atomic E-state index is 11.5. The van der Waals surface area contributed by atoms with Crippen LogP contribution < -0.4 is 20.1 Å². The van der Waals surface area contributed by atoms with Gasteiger partial charge in [-0.15, -0.1) is 0 Å². The molecule has 3 aromatic heterocycles. The summed E-state index contributed by atoms with van der Waals surface area (Å²) >= 11 is 0. The Kier molecular flexibility index (Phi) is 5.23. The van der Waals surface area contributed by atoms with Gasteiger partial charge in [0.2, 0.25) is 0 Å². The molecule has 3 N–H and O–H groups in total. The third kappa shape index (κ3) is 4.01. The number of rotatable bonds is 7. The fourth-order valence-electron chi connectivity index (χ4n) is 3.47. The zero-order valence-corrected chi connectivity index (χ0v) is 18.0. The predicted octanol–water partition coefficient (Wildman–Crippen LogP) is 3.15. The summed E-state index contributed by atoms with van der Waals surface area (Å²) in [6.45, 7) is -0.0986. The van der Waals surface area contributed by atoms with Crippen LogP contribution in [0.2, 0.25) is 0 Å². The molecule has 0 atom stereocenters. The standard InChI is InChI=1S/C23H21N7O3/c1-24-21(31)13-33-19-6-5-16(10-20(19)32-2)27-22-23-25-7-8-30(23)12-18(28-22)14-3-4-15-11-26-29-17(15)9-14/h3-12H,13H2,1-2H3,(H,24,31)(H,26,29)(H,27,28). The molecule has 0 aliphatic carbocycles. The molecule has 0 aliphatic heterocycles. The number of fused-ring (bicyclic) bond motifs is 2. The molecule has 5 rings (SSSR count). The Labute approximate surface area is 188 Å². The number of amides is 1. The van der Waals surface area contributed by atoms with Crippen molar-refractivity contribution in [1.82, 2.24) is 29.9 Å². The molecule has 0 radical (unpaired) electrons. The number of hydrogen-bond acceptors (Lipinski definition) is 7. The van der Waals surface area contributed by atoms with Gasteiger partial charge in [0.1, 0.15) is 0 Å². The molecule has 0 aliphatic rings. The lowest BCUT2D eigenvalue weighted by atomic mass is 10.1. The van der Waals surface area contributed by atoms with E-state index in [1.807, 2.05) is 41.1 Å². The van der Waals surface area contributed by atoms with Crippen molar-refractivity contribution in [2.75, 3.05) is 26.1 Å². The number of imidazole rings is 1. The van der Waals surface area contributed by atoms with Crippen LogP contribution >= 0.6 is 0 Å². The van der Waals surface area contributed by atoms with E-state index in [9.17, 15) is 4.79 Å². The van der Waals surface area contributed by atoms with Crippen LogP contribution in [0.3, 0.4) is 0 Å². The predicted molar refractivity (Wildman–Crippen MR) is 124 cm³/mol. The van der Waals surface area contributed by atoms with Gasteiger partial charge < -0.3 is 24.5 Å². The quantitative estimate of drug-likeness (QED) is 0.354. The van der Waals surface area contributed by atoms with Crippen LogP contribution in [-0.4, -0.2) is 51.2 Å². The summed E-state index contributed by atoms with van der Waals surface area (Å²) in [4.78, 5) is 20.7. The van der Waals surface area contributed by atoms with Gasteiger partial charge in [-0.2, -0.15) is 5.10 Å². The molecule has 2 aromatic carbocycles. The number of likely N-dealkylation sites (N-methyl/N-ethyl adjacent to an activating group) is 1. The summed E-state index contributed by atoms with van der Waals surface area (Å²) in [6.07, 6.45) is 7.31. The first-order valence-corrected chi connectivity index (χ1v) is 10.2. The molecule has 0 saturated heterocycles. The van der Waals surface area contributed by atoms with Crippen molar-refractivity contribution < 1.29 is 14.3 Å². The third-order valence-electron chi connectivity index (χ3n) is 5.18. The van der Waals surface area contributed by atoms with E-state index in [4.69, 9.17) is 14.5 Å². The highest BCUT2D eigenvalue weighted by molar-refractivity contribution is 5.84. The maximum Gasteiger partial charge on any atom is 0.257 e. The van der Waals surface area contributed by atoms with Gasteiger partial charge >= 0.3 is 0 Å².